The summed E-state index contributed by atoms with van der Waals surface area (Å²) in [6, 6.07) is 35.8. The van der Waals surface area contributed by atoms with Crippen LogP contribution in [0.15, 0.2) is 125 Å². The van der Waals surface area contributed by atoms with Crippen LogP contribution in [0, 0.1) is 0 Å². The highest BCUT2D eigenvalue weighted by molar-refractivity contribution is 8.29. The summed E-state index contributed by atoms with van der Waals surface area (Å²) < 4.78 is 4.18. The van der Waals surface area contributed by atoms with Crippen LogP contribution in [0.4, 0.5) is 17.1 Å². The number of nitrogens with one attached hydrogen (secondary N) is 1. The maximum atomic E-state index is 14.2. The summed E-state index contributed by atoms with van der Waals surface area (Å²) >= 11 is 2.62. The molecule has 4 aromatic carbocycles. The molecule has 9 heteroatoms. The smallest absolute Gasteiger partial charge is 0.282 e. The number of carbonyl (C=O) groups is 2. The van der Waals surface area contributed by atoms with E-state index in [2.05, 4.69) is 5.32 Å². The maximum Gasteiger partial charge on any atom is 0.282 e. The predicted octanol–water partition coefficient (Wildman–Crippen LogP) is 6.63. The summed E-state index contributed by atoms with van der Waals surface area (Å²) in [6.45, 7) is 0. The van der Waals surface area contributed by atoms with Crippen molar-refractivity contribution < 1.29 is 14.3 Å². The van der Waals surface area contributed by atoms with Gasteiger partial charge in [0, 0.05) is 11.4 Å². The normalized spacial score (nSPS) is 19.3. The topological polar surface area (TPSA) is 74.2 Å². The molecule has 1 saturated heterocycles. The Morgan fingerprint density at radius 3 is 2.05 bits per heavy atom. The molecule has 2 amide bonds. The number of amides is 2. The van der Waals surface area contributed by atoms with E-state index in [-0.39, 0.29) is 16.9 Å². The van der Waals surface area contributed by atoms with Crippen LogP contribution in [-0.2, 0) is 9.59 Å². The molecular weight excluding hydrogens is 541 g/mol. The minimum Gasteiger partial charge on any atom is -0.497 e. The van der Waals surface area contributed by atoms with E-state index in [0.717, 1.165) is 17.0 Å². The van der Waals surface area contributed by atoms with Gasteiger partial charge >= 0.3 is 0 Å². The van der Waals surface area contributed by atoms with Gasteiger partial charge in [0.15, 0.2) is 5.04 Å². The average Bonchev–Trinajstić information content (AvgIpc) is 3.51. The van der Waals surface area contributed by atoms with Crippen molar-refractivity contribution in [1.82, 2.24) is 0 Å². The van der Waals surface area contributed by atoms with Crippen LogP contribution in [0.3, 0.4) is 0 Å². The van der Waals surface area contributed by atoms with Crippen LogP contribution in [0.2, 0.25) is 0 Å². The van der Waals surface area contributed by atoms with E-state index >= 15 is 0 Å². The van der Waals surface area contributed by atoms with Crippen molar-refractivity contribution in [2.45, 2.75) is 4.33 Å². The number of carbonyl (C=O) groups excluding carboxylic acids is 2. The molecule has 0 aromatic heterocycles. The van der Waals surface area contributed by atoms with Crippen molar-refractivity contribution in [3.63, 3.8) is 0 Å². The maximum absolute atomic E-state index is 14.2. The first kappa shape index (κ1) is 25.8. The molecule has 0 radical (unpaired) electrons. The Bertz CT molecular complexity index is 1600. The van der Waals surface area contributed by atoms with Crippen molar-refractivity contribution in [3.8, 4) is 5.75 Å². The number of rotatable bonds is 6. The van der Waals surface area contributed by atoms with Crippen LogP contribution >= 0.6 is 23.5 Å². The van der Waals surface area contributed by atoms with E-state index in [9.17, 15) is 9.59 Å². The van der Waals surface area contributed by atoms with Gasteiger partial charge in [0.05, 0.1) is 17.7 Å². The lowest BCUT2D eigenvalue weighted by atomic mass is 10.2. The fourth-order valence-corrected chi connectivity index (χ4v) is 7.28. The lowest BCUT2D eigenvalue weighted by molar-refractivity contribution is -0.114. The highest BCUT2D eigenvalue weighted by Crippen LogP contribution is 2.59. The van der Waals surface area contributed by atoms with Crippen molar-refractivity contribution in [3.05, 3.63) is 126 Å². The number of benzene rings is 4. The lowest BCUT2D eigenvalue weighted by Crippen LogP contribution is -2.51. The number of ether oxygens (including phenoxy) is 1. The monoisotopic (exact) mass is 564 g/mol. The standard InChI is InChI=1S/C31H24N4O3S2/c1-38-26-19-17-22(18-20-26)21-27-30(37)34(24-13-7-3-8-14-24)31(39-27)35(25-15-9-4-10-16-25)33-29(40-31)28(36)32-23-11-5-2-6-12-23/h2-21H,1H3,(H,32,36)/b27-21+/t31-/m1/s1. The number of hydrogen-bond acceptors (Lipinski definition) is 7. The van der Waals surface area contributed by atoms with Gasteiger partial charge in [-0.3, -0.25) is 14.5 Å². The van der Waals surface area contributed by atoms with E-state index < -0.39 is 4.33 Å². The summed E-state index contributed by atoms with van der Waals surface area (Å²) in [7, 11) is 1.62. The molecule has 1 N–H and O–H groups in total. The zero-order chi connectivity index (χ0) is 27.5. The molecule has 0 unspecified atom stereocenters. The molecule has 2 aliphatic heterocycles. The second-order valence-corrected chi connectivity index (χ2v) is 11.5. The number of hydrazone groups is 1. The first-order valence-corrected chi connectivity index (χ1v) is 14.1. The first-order valence-electron chi connectivity index (χ1n) is 12.5. The number of methoxy groups -OCH3 is 1. The van der Waals surface area contributed by atoms with Crippen LogP contribution in [0.5, 0.6) is 5.75 Å². The summed E-state index contributed by atoms with van der Waals surface area (Å²) in [6.07, 6.45) is 1.86. The summed E-state index contributed by atoms with van der Waals surface area (Å²) in [5, 5.41) is 9.76. The minimum absolute atomic E-state index is 0.180. The van der Waals surface area contributed by atoms with Gasteiger partial charge in [0.1, 0.15) is 5.75 Å². The number of para-hydroxylation sites is 3. The molecule has 1 atom stereocenters. The van der Waals surface area contributed by atoms with E-state index in [4.69, 9.17) is 9.84 Å². The molecule has 0 bridgehead atoms. The molecule has 198 valence electrons. The molecule has 4 aromatic rings. The van der Waals surface area contributed by atoms with Crippen molar-refractivity contribution in [2.75, 3.05) is 22.3 Å². The molecule has 7 nitrogen and oxygen atoms in total. The zero-order valence-electron chi connectivity index (χ0n) is 21.4. The van der Waals surface area contributed by atoms with Gasteiger partial charge in [-0.2, -0.15) is 5.10 Å². The number of hydrogen-bond donors (Lipinski definition) is 1. The first-order chi connectivity index (χ1) is 19.6. The van der Waals surface area contributed by atoms with Gasteiger partial charge in [0.2, 0.25) is 4.33 Å². The lowest BCUT2D eigenvalue weighted by Gasteiger charge is -2.38. The molecule has 0 saturated carbocycles. The molecule has 6 rings (SSSR count). The summed E-state index contributed by atoms with van der Waals surface area (Å²) in [5.41, 5.74) is 2.98. The van der Waals surface area contributed by atoms with E-state index in [1.54, 1.807) is 17.0 Å². The van der Waals surface area contributed by atoms with Crippen LogP contribution < -0.4 is 20.0 Å². The number of thioether (sulfide) groups is 2. The zero-order valence-corrected chi connectivity index (χ0v) is 23.1. The third kappa shape index (κ3) is 4.85. The Balaban J connectivity index is 1.45. The van der Waals surface area contributed by atoms with Crippen LogP contribution in [0.25, 0.3) is 6.08 Å². The van der Waals surface area contributed by atoms with Crippen molar-refractivity contribution in [2.24, 2.45) is 5.10 Å². The van der Waals surface area contributed by atoms with E-state index in [1.165, 1.54) is 23.5 Å². The van der Waals surface area contributed by atoms with Gasteiger partial charge in [0.25, 0.3) is 11.8 Å². The summed E-state index contributed by atoms with van der Waals surface area (Å²) in [4.78, 5) is 29.9. The third-order valence-electron chi connectivity index (χ3n) is 6.28. The second-order valence-electron chi connectivity index (χ2n) is 8.88. The van der Waals surface area contributed by atoms with Crippen molar-refractivity contribution in [1.29, 1.82) is 0 Å². The average molecular weight is 565 g/mol. The van der Waals surface area contributed by atoms with Crippen molar-refractivity contribution >= 4 is 63.5 Å². The number of anilines is 3. The minimum atomic E-state index is -1.11. The number of nitrogens with zero attached hydrogens (tertiary/aromatic N) is 3. The fourth-order valence-electron chi connectivity index (χ4n) is 4.41. The van der Waals surface area contributed by atoms with Gasteiger partial charge in [-0.25, -0.2) is 5.01 Å². The van der Waals surface area contributed by atoms with Gasteiger partial charge in [-0.1, -0.05) is 78.5 Å². The Kier molecular flexibility index (Phi) is 7.06. The third-order valence-corrected chi connectivity index (χ3v) is 9.00. The fraction of sp³-hybridized carbons (Fsp3) is 0.0645. The highest BCUT2D eigenvalue weighted by atomic mass is 32.2. The molecule has 1 spiro atoms. The van der Waals surface area contributed by atoms with E-state index in [1.807, 2.05) is 121 Å². The molecule has 2 heterocycles. The van der Waals surface area contributed by atoms with Crippen LogP contribution in [-0.4, -0.2) is 28.3 Å². The quantitative estimate of drug-likeness (QED) is 0.265. The van der Waals surface area contributed by atoms with Gasteiger partial charge < -0.3 is 10.1 Å². The van der Waals surface area contributed by atoms with E-state index in [0.29, 0.717) is 16.3 Å². The second kappa shape index (κ2) is 11.0. The molecular formula is C31H24N4O3S2. The predicted molar refractivity (Wildman–Crippen MR) is 164 cm³/mol. The molecule has 1 fully saturated rings. The highest BCUT2D eigenvalue weighted by Gasteiger charge is 2.60. The molecule has 40 heavy (non-hydrogen) atoms. The Morgan fingerprint density at radius 1 is 0.825 bits per heavy atom. The van der Waals surface area contributed by atoms with Gasteiger partial charge in [-0.15, -0.1) is 0 Å². The van der Waals surface area contributed by atoms with Crippen LogP contribution in [0.1, 0.15) is 5.56 Å². The molecule has 0 aliphatic carbocycles. The Morgan fingerprint density at radius 2 is 1.43 bits per heavy atom. The largest absolute Gasteiger partial charge is 0.497 e. The Hall–Kier alpha value is -4.47. The SMILES string of the molecule is COc1ccc(/C=C2/S[C@@]3(SC(C(=O)Nc4ccccc4)=NN3c3ccccc3)N(c3ccccc3)C2=O)cc1. The Labute approximate surface area is 240 Å². The molecule has 2 aliphatic rings. The van der Waals surface area contributed by atoms with Gasteiger partial charge in [-0.05, 0) is 71.9 Å². The summed E-state index contributed by atoms with van der Waals surface area (Å²) in [5.74, 6) is 0.210.